The summed E-state index contributed by atoms with van der Waals surface area (Å²) in [5.41, 5.74) is 7.17. The van der Waals surface area contributed by atoms with E-state index in [1.165, 1.54) is 5.56 Å². The fourth-order valence-electron chi connectivity index (χ4n) is 2.15. The van der Waals surface area contributed by atoms with E-state index in [0.717, 1.165) is 18.5 Å². The summed E-state index contributed by atoms with van der Waals surface area (Å²) in [6, 6.07) is 7.83. The van der Waals surface area contributed by atoms with Gasteiger partial charge >= 0.3 is 0 Å². The van der Waals surface area contributed by atoms with Crippen molar-refractivity contribution < 1.29 is 9.26 Å². The molecule has 114 valence electrons. The molecule has 1 unspecified atom stereocenters. The van der Waals surface area contributed by atoms with Crippen molar-refractivity contribution in [3.8, 4) is 0 Å². The van der Waals surface area contributed by atoms with Gasteiger partial charge in [-0.15, -0.1) is 0 Å². The molecule has 0 spiro atoms. The van der Waals surface area contributed by atoms with Crippen molar-refractivity contribution in [1.82, 2.24) is 10.1 Å². The monoisotopic (exact) mass is 289 g/mol. The van der Waals surface area contributed by atoms with Crippen LogP contribution in [-0.2, 0) is 23.2 Å². The number of ether oxygens (including phenoxy) is 1. The number of benzene rings is 1. The predicted molar refractivity (Wildman–Crippen MR) is 81.8 cm³/mol. The highest BCUT2D eigenvalue weighted by molar-refractivity contribution is 5.39. The Kier molecular flexibility index (Phi) is 4.96. The van der Waals surface area contributed by atoms with Crippen LogP contribution in [0.5, 0.6) is 0 Å². The van der Waals surface area contributed by atoms with Gasteiger partial charge in [-0.05, 0) is 44.4 Å². The molecule has 0 aliphatic heterocycles. The van der Waals surface area contributed by atoms with Crippen LogP contribution in [0, 0.1) is 0 Å². The Labute approximate surface area is 125 Å². The van der Waals surface area contributed by atoms with E-state index in [-0.39, 0.29) is 0 Å². The molecule has 0 amide bonds. The van der Waals surface area contributed by atoms with Gasteiger partial charge in [-0.25, -0.2) is 0 Å². The Hall–Kier alpha value is -1.88. The molecule has 2 N–H and O–H groups in total. The molecule has 2 rings (SSSR count). The summed E-state index contributed by atoms with van der Waals surface area (Å²) in [4.78, 5) is 4.48. The van der Waals surface area contributed by atoms with Crippen molar-refractivity contribution in [3.05, 3.63) is 41.5 Å². The van der Waals surface area contributed by atoms with Gasteiger partial charge in [-0.1, -0.05) is 24.2 Å². The lowest BCUT2D eigenvalue weighted by molar-refractivity contribution is -0.0403. The first-order valence-corrected chi connectivity index (χ1v) is 7.39. The largest absolute Gasteiger partial charge is 0.399 e. The first kappa shape index (κ1) is 15.5. The molecule has 5 nitrogen and oxygen atoms in total. The summed E-state index contributed by atoms with van der Waals surface area (Å²) in [6.07, 6.45) is 2.36. The Balaban J connectivity index is 2.01. The van der Waals surface area contributed by atoms with E-state index in [9.17, 15) is 0 Å². The maximum Gasteiger partial charge on any atom is 0.227 e. The second-order valence-corrected chi connectivity index (χ2v) is 5.27. The van der Waals surface area contributed by atoms with Gasteiger partial charge in [0.05, 0.1) is 0 Å². The SMILES string of the molecule is CCOC(C)(CC)c1noc(CCc2ccc(N)cc2)n1. The maximum atomic E-state index is 5.76. The highest BCUT2D eigenvalue weighted by atomic mass is 16.5. The average molecular weight is 289 g/mol. The third-order valence-corrected chi connectivity index (χ3v) is 3.69. The second-order valence-electron chi connectivity index (χ2n) is 5.27. The van der Waals surface area contributed by atoms with Gasteiger partial charge in [0.1, 0.15) is 5.60 Å². The van der Waals surface area contributed by atoms with Gasteiger partial charge in [0.2, 0.25) is 11.7 Å². The first-order chi connectivity index (χ1) is 10.1. The van der Waals surface area contributed by atoms with E-state index < -0.39 is 5.60 Å². The molecule has 1 atom stereocenters. The quantitative estimate of drug-likeness (QED) is 0.793. The third-order valence-electron chi connectivity index (χ3n) is 3.69. The summed E-state index contributed by atoms with van der Waals surface area (Å²) >= 11 is 0. The van der Waals surface area contributed by atoms with Gasteiger partial charge < -0.3 is 15.0 Å². The summed E-state index contributed by atoms with van der Waals surface area (Å²) in [5, 5.41) is 4.07. The van der Waals surface area contributed by atoms with E-state index in [1.54, 1.807) is 0 Å². The Morgan fingerprint density at radius 1 is 1.19 bits per heavy atom. The standard InChI is InChI=1S/C16H23N3O2/c1-4-16(3,20-5-2)15-18-14(21-19-15)11-8-12-6-9-13(17)10-7-12/h6-7,9-10H,4-5,8,11,17H2,1-3H3. The van der Waals surface area contributed by atoms with E-state index in [2.05, 4.69) is 17.1 Å². The molecule has 2 aromatic rings. The summed E-state index contributed by atoms with van der Waals surface area (Å²) in [7, 11) is 0. The van der Waals surface area contributed by atoms with Gasteiger partial charge in [0.15, 0.2) is 0 Å². The molecular weight excluding hydrogens is 266 g/mol. The molecule has 5 heteroatoms. The predicted octanol–water partition coefficient (Wildman–Crippen LogP) is 3.10. The molecule has 0 aliphatic rings. The van der Waals surface area contributed by atoms with Crippen molar-refractivity contribution in [2.75, 3.05) is 12.3 Å². The third kappa shape index (κ3) is 3.82. The Bertz CT molecular complexity index is 565. The topological polar surface area (TPSA) is 74.2 Å². The molecule has 0 saturated heterocycles. The summed E-state index contributed by atoms with van der Waals surface area (Å²) in [6.45, 7) is 6.64. The van der Waals surface area contributed by atoms with Crippen molar-refractivity contribution in [2.24, 2.45) is 0 Å². The minimum atomic E-state index is -0.475. The number of aryl methyl sites for hydroxylation is 2. The van der Waals surface area contributed by atoms with Crippen molar-refractivity contribution in [2.45, 2.75) is 45.6 Å². The molecule has 1 aromatic heterocycles. The smallest absolute Gasteiger partial charge is 0.227 e. The van der Waals surface area contributed by atoms with Crippen LogP contribution in [0.3, 0.4) is 0 Å². The van der Waals surface area contributed by atoms with Crippen molar-refractivity contribution in [3.63, 3.8) is 0 Å². The normalized spacial score (nSPS) is 14.0. The molecule has 1 heterocycles. The lowest BCUT2D eigenvalue weighted by Gasteiger charge is -2.23. The van der Waals surface area contributed by atoms with Crippen molar-refractivity contribution in [1.29, 1.82) is 0 Å². The van der Waals surface area contributed by atoms with Crippen LogP contribution in [0.25, 0.3) is 0 Å². The van der Waals surface area contributed by atoms with Crippen LogP contribution in [0.4, 0.5) is 5.69 Å². The van der Waals surface area contributed by atoms with E-state index in [0.29, 0.717) is 24.7 Å². The zero-order chi connectivity index (χ0) is 15.3. The number of nitrogen functional groups attached to an aromatic ring is 1. The van der Waals surface area contributed by atoms with E-state index in [1.807, 2.05) is 38.1 Å². The lowest BCUT2D eigenvalue weighted by atomic mass is 10.0. The number of rotatable bonds is 7. The minimum Gasteiger partial charge on any atom is -0.399 e. The zero-order valence-electron chi connectivity index (χ0n) is 12.9. The van der Waals surface area contributed by atoms with Gasteiger partial charge in [-0.2, -0.15) is 4.98 Å². The summed E-state index contributed by atoms with van der Waals surface area (Å²) < 4.78 is 11.1. The van der Waals surface area contributed by atoms with Crippen molar-refractivity contribution >= 4 is 5.69 Å². The summed E-state index contributed by atoms with van der Waals surface area (Å²) in [5.74, 6) is 1.26. The maximum absolute atomic E-state index is 5.76. The first-order valence-electron chi connectivity index (χ1n) is 7.39. The lowest BCUT2D eigenvalue weighted by Crippen LogP contribution is -2.26. The molecule has 0 saturated carbocycles. The molecule has 21 heavy (non-hydrogen) atoms. The fourth-order valence-corrected chi connectivity index (χ4v) is 2.15. The molecular formula is C16H23N3O2. The van der Waals surface area contributed by atoms with Gasteiger partial charge in [0.25, 0.3) is 0 Å². The fraction of sp³-hybridized carbons (Fsp3) is 0.500. The number of hydrogen-bond acceptors (Lipinski definition) is 5. The number of nitrogens with zero attached hydrogens (tertiary/aromatic N) is 2. The Morgan fingerprint density at radius 3 is 2.52 bits per heavy atom. The molecule has 0 aliphatic carbocycles. The number of anilines is 1. The van der Waals surface area contributed by atoms with Crippen LogP contribution in [0.2, 0.25) is 0 Å². The zero-order valence-corrected chi connectivity index (χ0v) is 12.9. The second kappa shape index (κ2) is 6.72. The molecule has 0 fully saturated rings. The highest BCUT2D eigenvalue weighted by Crippen LogP contribution is 2.26. The van der Waals surface area contributed by atoms with E-state index in [4.69, 9.17) is 15.0 Å². The number of aromatic nitrogens is 2. The van der Waals surface area contributed by atoms with Gasteiger partial charge in [-0.3, -0.25) is 0 Å². The van der Waals surface area contributed by atoms with Crippen LogP contribution >= 0.6 is 0 Å². The molecule has 1 aromatic carbocycles. The highest BCUT2D eigenvalue weighted by Gasteiger charge is 2.30. The molecule has 0 radical (unpaired) electrons. The van der Waals surface area contributed by atoms with Crippen LogP contribution in [-0.4, -0.2) is 16.7 Å². The minimum absolute atomic E-state index is 0.475. The van der Waals surface area contributed by atoms with Crippen LogP contribution in [0.15, 0.2) is 28.8 Å². The number of nitrogens with two attached hydrogens (primary N) is 1. The van der Waals surface area contributed by atoms with Crippen LogP contribution in [0.1, 0.15) is 44.5 Å². The molecule has 0 bridgehead atoms. The Morgan fingerprint density at radius 2 is 1.90 bits per heavy atom. The van der Waals surface area contributed by atoms with Gasteiger partial charge in [0, 0.05) is 18.7 Å². The van der Waals surface area contributed by atoms with Crippen LogP contribution < -0.4 is 5.73 Å². The average Bonchev–Trinajstić information content (AvgIpc) is 2.96. The van der Waals surface area contributed by atoms with E-state index >= 15 is 0 Å². The number of hydrogen-bond donors (Lipinski definition) is 1.